The van der Waals surface area contributed by atoms with E-state index in [0.717, 1.165) is 47.6 Å². The number of aromatic hydroxyl groups is 4. The first-order valence-electron chi connectivity index (χ1n) is 15.9. The van der Waals surface area contributed by atoms with Gasteiger partial charge >= 0.3 is 0 Å². The second-order valence-corrected chi connectivity index (χ2v) is 16.7. The zero-order chi connectivity index (χ0) is 36.8. The second kappa shape index (κ2) is 13.9. The van der Waals surface area contributed by atoms with Crippen molar-refractivity contribution in [2.45, 2.75) is 48.8 Å². The minimum Gasteiger partial charge on any atom is -0.507 e. The van der Waals surface area contributed by atoms with Crippen LogP contribution in [-0.4, -0.2) is 58.4 Å². The highest BCUT2D eigenvalue weighted by atomic mass is 32.2. The average Bonchev–Trinajstić information content (AvgIpc) is 3.06. The van der Waals surface area contributed by atoms with Gasteiger partial charge in [-0.2, -0.15) is 28.6 Å². The van der Waals surface area contributed by atoms with Crippen molar-refractivity contribution >= 4 is 32.0 Å². The first-order chi connectivity index (χ1) is 24.0. The Balaban J connectivity index is 1.64. The number of rotatable bonds is 6. The van der Waals surface area contributed by atoms with E-state index in [1.54, 1.807) is 43.0 Å². The largest absolute Gasteiger partial charge is 0.507 e. The van der Waals surface area contributed by atoms with Crippen molar-refractivity contribution < 1.29 is 46.4 Å². The Morgan fingerprint density at radius 1 is 0.529 bits per heavy atom. The van der Waals surface area contributed by atoms with Crippen LogP contribution in [-0.2, 0) is 52.3 Å². The smallest absolute Gasteiger partial charge is 0.294 e. The van der Waals surface area contributed by atoms with E-state index in [2.05, 4.69) is 0 Å². The van der Waals surface area contributed by atoms with Crippen molar-refractivity contribution in [3.8, 4) is 34.1 Å². The zero-order valence-corrected chi connectivity index (χ0v) is 30.2. The van der Waals surface area contributed by atoms with Crippen LogP contribution in [0.3, 0.4) is 0 Å². The summed E-state index contributed by atoms with van der Waals surface area (Å²) < 4.78 is 69.9. The average molecular weight is 749 g/mol. The van der Waals surface area contributed by atoms with E-state index in [0.29, 0.717) is 11.1 Å². The number of hydrogen-bond acceptors (Lipinski definition) is 9. The van der Waals surface area contributed by atoms with Crippen LogP contribution in [0.1, 0.15) is 55.6 Å². The van der Waals surface area contributed by atoms with Gasteiger partial charge in [0.05, 0.1) is 9.79 Å². The van der Waals surface area contributed by atoms with Crippen LogP contribution in [0.15, 0.2) is 82.6 Å². The van der Waals surface area contributed by atoms with Gasteiger partial charge in [0.1, 0.15) is 23.0 Å². The van der Waals surface area contributed by atoms with E-state index in [1.807, 2.05) is 30.5 Å². The van der Waals surface area contributed by atoms with Crippen LogP contribution < -0.4 is 0 Å². The van der Waals surface area contributed by atoms with Gasteiger partial charge in [0.15, 0.2) is 0 Å². The second-order valence-electron chi connectivity index (χ2n) is 12.9. The highest BCUT2D eigenvalue weighted by molar-refractivity contribution is 7.98. The van der Waals surface area contributed by atoms with Gasteiger partial charge in [-0.25, -0.2) is 0 Å². The maximum absolute atomic E-state index is 12.4. The standard InChI is InChI=1S/C38H36O10S3/c1-21-9-25-13-29-17-33(50(43,44)45)19-31(37(29)41)15-27-11-24(23-5-3-22(4-6-23)7-8-49-2)12-28(36(27)40)16-32-20-34(51(46,47)48)18-30(38(32)42)14-26(10-21)35(25)39/h3-6,9-12,17-20,39-42H,7-8,13-16H2,1-2H3,(H,43,44,45)(H,46,47,48). The summed E-state index contributed by atoms with van der Waals surface area (Å²) in [6.07, 6.45) is 2.14. The molecule has 0 unspecified atom stereocenters. The summed E-state index contributed by atoms with van der Waals surface area (Å²) in [5, 5.41) is 46.2. The maximum Gasteiger partial charge on any atom is 0.294 e. The summed E-state index contributed by atoms with van der Waals surface area (Å²) in [6, 6.07) is 19.0. The molecule has 0 fully saturated rings. The van der Waals surface area contributed by atoms with Crippen LogP contribution in [0.4, 0.5) is 0 Å². The summed E-state index contributed by atoms with van der Waals surface area (Å²) in [5.74, 6) is -0.128. The highest BCUT2D eigenvalue weighted by Gasteiger charge is 2.24. The van der Waals surface area contributed by atoms with Gasteiger partial charge in [0, 0.05) is 47.9 Å². The Morgan fingerprint density at radius 2 is 0.863 bits per heavy atom. The van der Waals surface area contributed by atoms with Crippen molar-refractivity contribution in [3.05, 3.63) is 128 Å². The fourth-order valence-corrected chi connectivity index (χ4v) is 8.20. The Morgan fingerprint density at radius 3 is 1.20 bits per heavy atom. The summed E-state index contributed by atoms with van der Waals surface area (Å²) in [4.78, 5) is -0.957. The van der Waals surface area contributed by atoms with Crippen LogP contribution >= 0.6 is 11.8 Å². The number of fused-ring (bicyclic) bond motifs is 8. The molecule has 10 nitrogen and oxygen atoms in total. The van der Waals surface area contributed by atoms with Crippen molar-refractivity contribution in [1.29, 1.82) is 0 Å². The molecule has 0 saturated carbocycles. The predicted octanol–water partition coefficient (Wildman–Crippen LogP) is 6.56. The first kappa shape index (κ1) is 36.3. The molecule has 0 aromatic heterocycles. The van der Waals surface area contributed by atoms with Gasteiger partial charge in [-0.3, -0.25) is 9.11 Å². The van der Waals surface area contributed by atoms with Gasteiger partial charge in [-0.05, 0) is 101 Å². The molecule has 0 saturated heterocycles. The Hall–Kier alpha value is -4.53. The van der Waals surface area contributed by atoms with Gasteiger partial charge in [-0.15, -0.1) is 0 Å². The molecule has 0 spiro atoms. The molecule has 13 heteroatoms. The molecule has 1 aliphatic carbocycles. The molecule has 51 heavy (non-hydrogen) atoms. The molecule has 5 aromatic rings. The SMILES string of the molecule is CSCCc1ccc(-c2cc3c(O)c(c2)Cc2cc(S(=O)(=O)O)cc(c2O)Cc2cc(C)cc(c2O)Cc2cc(S(=O)(=O)O)cc(c2O)C3)cc1. The lowest BCUT2D eigenvalue weighted by molar-refractivity contribution is 0.449. The predicted molar refractivity (Wildman–Crippen MR) is 196 cm³/mol. The fourth-order valence-electron chi connectivity index (χ4n) is 6.60. The molecule has 5 aromatic carbocycles. The Kier molecular flexibility index (Phi) is 9.87. The number of aryl methyl sites for hydroxylation is 2. The molecular formula is C38H36O10S3. The molecule has 266 valence electrons. The highest BCUT2D eigenvalue weighted by Crippen LogP contribution is 2.41. The number of benzene rings is 5. The molecule has 0 radical (unpaired) electrons. The Bertz CT molecular complexity index is 2270. The van der Waals surface area contributed by atoms with Gasteiger partial charge in [0.25, 0.3) is 20.2 Å². The van der Waals surface area contributed by atoms with Crippen molar-refractivity contribution in [2.75, 3.05) is 12.0 Å². The lowest BCUT2D eigenvalue weighted by Crippen LogP contribution is -2.06. The lowest BCUT2D eigenvalue weighted by atomic mass is 9.89. The van der Waals surface area contributed by atoms with E-state index >= 15 is 0 Å². The van der Waals surface area contributed by atoms with Gasteiger partial charge < -0.3 is 20.4 Å². The summed E-state index contributed by atoms with van der Waals surface area (Å²) in [6.45, 7) is 1.75. The minimum absolute atomic E-state index is 0.0731. The summed E-state index contributed by atoms with van der Waals surface area (Å²) >= 11 is 1.73. The van der Waals surface area contributed by atoms with E-state index in [4.69, 9.17) is 0 Å². The molecule has 0 heterocycles. The molecular weight excluding hydrogens is 713 g/mol. The first-order valence-corrected chi connectivity index (χ1v) is 20.2. The third kappa shape index (κ3) is 7.72. The molecule has 8 bridgehead atoms. The quantitative estimate of drug-likeness (QED) is 0.101. The molecule has 0 aliphatic heterocycles. The van der Waals surface area contributed by atoms with E-state index < -0.39 is 30.0 Å². The molecule has 0 atom stereocenters. The fraction of sp³-hybridized carbons (Fsp3) is 0.211. The number of hydrogen-bond donors (Lipinski definition) is 6. The van der Waals surface area contributed by atoms with Crippen LogP contribution in [0.25, 0.3) is 11.1 Å². The number of phenolic OH excluding ortho intramolecular Hbond substituents is 4. The Labute approximate surface area is 300 Å². The number of phenols is 4. The van der Waals surface area contributed by atoms with Crippen LogP contribution in [0, 0.1) is 6.92 Å². The van der Waals surface area contributed by atoms with Crippen LogP contribution in [0.2, 0.25) is 0 Å². The molecule has 1 aliphatic rings. The monoisotopic (exact) mass is 748 g/mol. The summed E-state index contributed by atoms with van der Waals surface area (Å²) in [5.41, 5.74) is 4.60. The van der Waals surface area contributed by atoms with E-state index in [-0.39, 0.29) is 93.2 Å². The molecule has 0 amide bonds. The molecule has 6 N–H and O–H groups in total. The van der Waals surface area contributed by atoms with Crippen molar-refractivity contribution in [1.82, 2.24) is 0 Å². The van der Waals surface area contributed by atoms with Crippen molar-refractivity contribution in [2.24, 2.45) is 0 Å². The van der Waals surface area contributed by atoms with Gasteiger partial charge in [0.2, 0.25) is 0 Å². The normalized spacial score (nSPS) is 13.3. The maximum atomic E-state index is 12.4. The summed E-state index contributed by atoms with van der Waals surface area (Å²) in [7, 11) is -9.50. The lowest BCUT2D eigenvalue weighted by Gasteiger charge is -2.19. The van der Waals surface area contributed by atoms with Crippen LogP contribution in [0.5, 0.6) is 23.0 Å². The third-order valence-electron chi connectivity index (χ3n) is 9.16. The zero-order valence-electron chi connectivity index (χ0n) is 27.7. The number of thioether (sulfide) groups is 1. The van der Waals surface area contributed by atoms with Gasteiger partial charge in [-0.1, -0.05) is 42.0 Å². The van der Waals surface area contributed by atoms with Crippen molar-refractivity contribution in [3.63, 3.8) is 0 Å². The topological polar surface area (TPSA) is 190 Å². The third-order valence-corrected chi connectivity index (χ3v) is 11.4. The van der Waals surface area contributed by atoms with E-state index in [1.165, 1.54) is 0 Å². The molecule has 6 rings (SSSR count). The minimum atomic E-state index is -4.75. The van der Waals surface area contributed by atoms with E-state index in [9.17, 15) is 46.4 Å².